The smallest absolute Gasteiger partial charge is 0.306 e. The molecule has 5 N–H and O–H groups in total. The van der Waals surface area contributed by atoms with Crippen LogP contribution in [0, 0.1) is 11.8 Å². The molecule has 0 bridgehead atoms. The second-order valence-corrected chi connectivity index (χ2v) is 5.75. The molecule has 1 aliphatic rings. The van der Waals surface area contributed by atoms with Gasteiger partial charge in [0.2, 0.25) is 0 Å². The van der Waals surface area contributed by atoms with E-state index in [-0.39, 0.29) is 11.7 Å². The monoisotopic (exact) mass is 306 g/mol. The Morgan fingerprint density at radius 3 is 2.00 bits per heavy atom. The standard InChI is InChI=1S/C9H11NO.C8H15NO2/c1-7(11)9-4-2-8(6-10)3-5-9;9-5-6-1-3-7(4-2-6)8(10)11/h2-5H,6,10H2,1H3;6-7H,1-5,9H2,(H,10,11). The van der Waals surface area contributed by atoms with Crippen LogP contribution in [0.3, 0.4) is 0 Å². The van der Waals surface area contributed by atoms with Gasteiger partial charge in [-0.15, -0.1) is 0 Å². The van der Waals surface area contributed by atoms with Crippen molar-refractivity contribution in [2.24, 2.45) is 23.3 Å². The predicted octanol–water partition coefficient (Wildman–Crippen LogP) is 2.18. The fraction of sp³-hybridized carbons (Fsp3) is 0.529. The quantitative estimate of drug-likeness (QED) is 0.739. The molecule has 0 aromatic heterocycles. The number of carboxylic acid groups (broad SMARTS) is 1. The zero-order valence-electron chi connectivity index (χ0n) is 13.1. The lowest BCUT2D eigenvalue weighted by Crippen LogP contribution is -2.25. The number of nitrogens with two attached hydrogens (primary N) is 2. The maximum atomic E-state index is 10.8. The van der Waals surface area contributed by atoms with E-state index in [1.54, 1.807) is 19.1 Å². The fourth-order valence-corrected chi connectivity index (χ4v) is 2.52. The van der Waals surface area contributed by atoms with Gasteiger partial charge in [-0.2, -0.15) is 0 Å². The molecule has 0 radical (unpaired) electrons. The molecular formula is C17H26N2O3. The summed E-state index contributed by atoms with van der Waals surface area (Å²) < 4.78 is 0. The Bertz CT molecular complexity index is 477. The van der Waals surface area contributed by atoms with E-state index < -0.39 is 5.97 Å². The third kappa shape index (κ3) is 5.95. The number of hydrogen-bond donors (Lipinski definition) is 3. The van der Waals surface area contributed by atoms with Gasteiger partial charge in [0, 0.05) is 12.1 Å². The van der Waals surface area contributed by atoms with Crippen LogP contribution in [0.5, 0.6) is 0 Å². The van der Waals surface area contributed by atoms with Crippen LogP contribution >= 0.6 is 0 Å². The van der Waals surface area contributed by atoms with Crippen LogP contribution in [0.4, 0.5) is 0 Å². The molecule has 5 nitrogen and oxygen atoms in total. The van der Waals surface area contributed by atoms with Gasteiger partial charge in [0.25, 0.3) is 0 Å². The van der Waals surface area contributed by atoms with Crippen LogP contribution < -0.4 is 11.5 Å². The zero-order chi connectivity index (χ0) is 16.5. The van der Waals surface area contributed by atoms with Gasteiger partial charge in [0.05, 0.1) is 5.92 Å². The number of aliphatic carboxylic acids is 1. The fourth-order valence-electron chi connectivity index (χ4n) is 2.52. The van der Waals surface area contributed by atoms with Crippen LogP contribution in [0.2, 0.25) is 0 Å². The summed E-state index contributed by atoms with van der Waals surface area (Å²) in [5.74, 6) is -0.0718. The summed E-state index contributed by atoms with van der Waals surface area (Å²) in [7, 11) is 0. The Labute approximate surface area is 131 Å². The van der Waals surface area contributed by atoms with Crippen molar-refractivity contribution in [1.82, 2.24) is 0 Å². The molecular weight excluding hydrogens is 280 g/mol. The van der Waals surface area contributed by atoms with E-state index in [0.717, 1.165) is 36.8 Å². The van der Waals surface area contributed by atoms with E-state index >= 15 is 0 Å². The second kappa shape index (κ2) is 9.33. The number of carboxylic acids is 1. The minimum atomic E-state index is -0.638. The van der Waals surface area contributed by atoms with E-state index in [9.17, 15) is 9.59 Å². The maximum Gasteiger partial charge on any atom is 0.306 e. The highest BCUT2D eigenvalue weighted by Gasteiger charge is 2.24. The molecule has 1 aromatic carbocycles. The average molecular weight is 306 g/mol. The van der Waals surface area contributed by atoms with Crippen molar-refractivity contribution in [2.75, 3.05) is 6.54 Å². The highest BCUT2D eigenvalue weighted by atomic mass is 16.4. The van der Waals surface area contributed by atoms with Gasteiger partial charge in [0.15, 0.2) is 5.78 Å². The number of ketones is 1. The highest BCUT2D eigenvalue weighted by Crippen LogP contribution is 2.27. The molecule has 1 aliphatic carbocycles. The van der Waals surface area contributed by atoms with Gasteiger partial charge in [-0.1, -0.05) is 24.3 Å². The van der Waals surface area contributed by atoms with Gasteiger partial charge >= 0.3 is 5.97 Å². The predicted molar refractivity (Wildman–Crippen MR) is 86.5 cm³/mol. The van der Waals surface area contributed by atoms with Crippen molar-refractivity contribution in [3.8, 4) is 0 Å². The van der Waals surface area contributed by atoms with E-state index in [4.69, 9.17) is 16.6 Å². The molecule has 0 amide bonds. The molecule has 22 heavy (non-hydrogen) atoms. The molecule has 0 heterocycles. The minimum Gasteiger partial charge on any atom is -0.481 e. The molecule has 0 unspecified atom stereocenters. The van der Waals surface area contributed by atoms with Crippen LogP contribution in [0.15, 0.2) is 24.3 Å². The van der Waals surface area contributed by atoms with Crippen molar-refractivity contribution in [3.63, 3.8) is 0 Å². The summed E-state index contributed by atoms with van der Waals surface area (Å²) in [6.45, 7) is 2.79. The zero-order valence-corrected chi connectivity index (χ0v) is 13.1. The van der Waals surface area contributed by atoms with Crippen LogP contribution in [-0.2, 0) is 11.3 Å². The Morgan fingerprint density at radius 2 is 1.64 bits per heavy atom. The topological polar surface area (TPSA) is 106 Å². The third-order valence-corrected chi connectivity index (χ3v) is 4.13. The Balaban J connectivity index is 0.000000220. The average Bonchev–Trinajstić information content (AvgIpc) is 2.55. The third-order valence-electron chi connectivity index (χ3n) is 4.13. The first-order valence-corrected chi connectivity index (χ1v) is 7.70. The van der Waals surface area contributed by atoms with Crippen LogP contribution in [0.1, 0.15) is 48.5 Å². The maximum absolute atomic E-state index is 10.8. The van der Waals surface area contributed by atoms with Crippen molar-refractivity contribution >= 4 is 11.8 Å². The largest absolute Gasteiger partial charge is 0.481 e. The molecule has 5 heteroatoms. The van der Waals surface area contributed by atoms with E-state index in [2.05, 4.69) is 0 Å². The molecule has 1 saturated carbocycles. The lowest BCUT2D eigenvalue weighted by molar-refractivity contribution is -0.143. The van der Waals surface area contributed by atoms with Crippen LogP contribution in [0.25, 0.3) is 0 Å². The molecule has 122 valence electrons. The number of carbonyl (C=O) groups is 2. The highest BCUT2D eigenvalue weighted by molar-refractivity contribution is 5.93. The number of hydrogen-bond acceptors (Lipinski definition) is 4. The number of benzene rings is 1. The van der Waals surface area contributed by atoms with E-state index in [0.29, 0.717) is 19.0 Å². The number of carbonyl (C=O) groups excluding carboxylic acids is 1. The first kappa shape index (κ1) is 18.3. The lowest BCUT2D eigenvalue weighted by atomic mass is 9.82. The molecule has 1 fully saturated rings. The Hall–Kier alpha value is -1.72. The Morgan fingerprint density at radius 1 is 1.09 bits per heavy atom. The summed E-state index contributed by atoms with van der Waals surface area (Å²) in [6, 6.07) is 7.34. The normalized spacial score (nSPS) is 20.7. The molecule has 0 saturated heterocycles. The molecule has 0 aliphatic heterocycles. The van der Waals surface area contributed by atoms with E-state index in [1.165, 1.54) is 0 Å². The van der Waals surface area contributed by atoms with E-state index in [1.807, 2.05) is 12.1 Å². The summed E-state index contributed by atoms with van der Waals surface area (Å²) in [6.07, 6.45) is 3.62. The first-order chi connectivity index (χ1) is 10.5. The summed E-state index contributed by atoms with van der Waals surface area (Å²) in [5.41, 5.74) is 12.7. The SMILES string of the molecule is CC(=O)c1ccc(CN)cc1.NCC1CCC(C(=O)O)CC1. The molecule has 0 atom stereocenters. The molecule has 1 aromatic rings. The van der Waals surface area contributed by atoms with Gasteiger partial charge < -0.3 is 16.6 Å². The minimum absolute atomic E-state index is 0.0913. The Kier molecular flexibility index (Phi) is 7.77. The molecule has 2 rings (SSSR count). The second-order valence-electron chi connectivity index (χ2n) is 5.75. The van der Waals surface area contributed by atoms with Gasteiger partial charge in [0.1, 0.15) is 0 Å². The first-order valence-electron chi connectivity index (χ1n) is 7.70. The summed E-state index contributed by atoms with van der Waals surface area (Å²) in [4.78, 5) is 21.3. The van der Waals surface area contributed by atoms with Crippen molar-refractivity contribution in [3.05, 3.63) is 35.4 Å². The van der Waals surface area contributed by atoms with Gasteiger partial charge in [-0.05, 0) is 50.6 Å². The molecule has 0 spiro atoms. The lowest BCUT2D eigenvalue weighted by Gasteiger charge is -2.24. The summed E-state index contributed by atoms with van der Waals surface area (Å²) in [5, 5.41) is 8.67. The van der Waals surface area contributed by atoms with Crippen molar-refractivity contribution < 1.29 is 14.7 Å². The summed E-state index contributed by atoms with van der Waals surface area (Å²) >= 11 is 0. The van der Waals surface area contributed by atoms with Crippen molar-refractivity contribution in [1.29, 1.82) is 0 Å². The van der Waals surface area contributed by atoms with Crippen LogP contribution in [-0.4, -0.2) is 23.4 Å². The number of Topliss-reactive ketones (excluding diaryl/α,β-unsaturated/α-hetero) is 1. The van der Waals surface area contributed by atoms with Crippen molar-refractivity contribution in [2.45, 2.75) is 39.2 Å². The van der Waals surface area contributed by atoms with Gasteiger partial charge in [-0.3, -0.25) is 9.59 Å². The number of rotatable bonds is 4. The van der Waals surface area contributed by atoms with Gasteiger partial charge in [-0.25, -0.2) is 0 Å².